The average molecular weight is 686 g/mol. The van der Waals surface area contributed by atoms with E-state index in [1.807, 2.05) is 36.4 Å². The molecule has 3 aliphatic heterocycles. The lowest BCUT2D eigenvalue weighted by Gasteiger charge is -2.45. The van der Waals surface area contributed by atoms with Crippen LogP contribution in [0, 0.1) is 0 Å². The molecule has 3 aliphatic rings. The monoisotopic (exact) mass is 685 g/mol. The van der Waals surface area contributed by atoms with Crippen LogP contribution in [0.5, 0.6) is 23.0 Å². The highest BCUT2D eigenvalue weighted by Crippen LogP contribution is 2.44. The maximum Gasteiger partial charge on any atom is 0.416 e. The summed E-state index contributed by atoms with van der Waals surface area (Å²) in [6.07, 6.45) is -4.49. The van der Waals surface area contributed by atoms with Crippen molar-refractivity contribution in [1.82, 2.24) is 0 Å². The number of nitrogens with zero attached hydrogens (tertiary/aromatic N) is 1. The van der Waals surface area contributed by atoms with Gasteiger partial charge in [0.05, 0.1) is 11.3 Å². The number of fused-ring (bicyclic) bond motifs is 6. The third-order valence-electron chi connectivity index (χ3n) is 10.5. The van der Waals surface area contributed by atoms with Crippen LogP contribution in [0.1, 0.15) is 5.56 Å². The van der Waals surface area contributed by atoms with Gasteiger partial charge in [-0.1, -0.05) is 121 Å². The summed E-state index contributed by atoms with van der Waals surface area (Å²) in [4.78, 5) is 2.28. The first-order chi connectivity index (χ1) is 24.9. The van der Waals surface area contributed by atoms with E-state index >= 15 is 0 Å². The van der Waals surface area contributed by atoms with Crippen LogP contribution in [0.2, 0.25) is 0 Å². The van der Waals surface area contributed by atoms with E-state index < -0.39 is 26.5 Å². The third kappa shape index (κ3) is 4.33. The van der Waals surface area contributed by atoms with Gasteiger partial charge in [-0.2, -0.15) is 13.2 Å². The van der Waals surface area contributed by atoms with Crippen LogP contribution in [-0.2, 0) is 6.18 Å². The number of para-hydroxylation sites is 3. The molecular formula is C43H27BF3NO2Si. The van der Waals surface area contributed by atoms with Crippen LogP contribution < -0.4 is 51.5 Å². The minimum Gasteiger partial charge on any atom is -0.458 e. The van der Waals surface area contributed by atoms with Gasteiger partial charge in [0.2, 0.25) is 0 Å². The van der Waals surface area contributed by atoms with Crippen LogP contribution in [0.25, 0.3) is 0 Å². The Hall–Kier alpha value is -5.99. The molecule has 244 valence electrons. The van der Waals surface area contributed by atoms with Crippen LogP contribution in [-0.4, -0.2) is 14.8 Å². The van der Waals surface area contributed by atoms with E-state index in [1.165, 1.54) is 32.9 Å². The predicted molar refractivity (Wildman–Crippen MR) is 201 cm³/mol. The molecule has 0 fully saturated rings. The highest BCUT2D eigenvalue weighted by atomic mass is 28.3. The van der Waals surface area contributed by atoms with Crippen LogP contribution in [0.15, 0.2) is 164 Å². The Morgan fingerprint density at radius 2 is 1.00 bits per heavy atom. The normalized spacial score (nSPS) is 14.6. The van der Waals surface area contributed by atoms with Crippen molar-refractivity contribution in [2.75, 3.05) is 4.90 Å². The molecule has 0 spiro atoms. The van der Waals surface area contributed by atoms with Crippen LogP contribution in [0.4, 0.5) is 30.2 Å². The van der Waals surface area contributed by atoms with Crippen molar-refractivity contribution >= 4 is 69.0 Å². The molecule has 8 heteroatoms. The van der Waals surface area contributed by atoms with Gasteiger partial charge in [0.1, 0.15) is 23.0 Å². The summed E-state index contributed by atoms with van der Waals surface area (Å²) in [5.74, 6) is 2.13. The highest BCUT2D eigenvalue weighted by Gasteiger charge is 2.49. The molecule has 0 unspecified atom stereocenters. The first-order valence-electron chi connectivity index (χ1n) is 16.9. The van der Waals surface area contributed by atoms with Crippen molar-refractivity contribution < 1.29 is 22.6 Å². The summed E-state index contributed by atoms with van der Waals surface area (Å²) in [5, 5.41) is 5.08. The lowest BCUT2D eigenvalue weighted by Crippen LogP contribution is -2.77. The zero-order chi connectivity index (χ0) is 34.3. The molecule has 3 nitrogen and oxygen atoms in total. The smallest absolute Gasteiger partial charge is 0.416 e. The van der Waals surface area contributed by atoms with E-state index in [9.17, 15) is 13.2 Å². The fraction of sp³-hybridized carbons (Fsp3) is 0.0233. The summed E-state index contributed by atoms with van der Waals surface area (Å²) in [6, 6.07) is 54.3. The summed E-state index contributed by atoms with van der Waals surface area (Å²) >= 11 is 0. The van der Waals surface area contributed by atoms with E-state index in [0.717, 1.165) is 34.1 Å². The third-order valence-corrected chi connectivity index (χ3v) is 15.3. The first-order valence-corrected chi connectivity index (χ1v) is 18.9. The number of anilines is 3. The number of hydrogen-bond acceptors (Lipinski definition) is 3. The molecule has 7 aromatic rings. The molecule has 0 radical (unpaired) electrons. The molecule has 0 amide bonds. The van der Waals surface area contributed by atoms with Gasteiger partial charge in [-0.3, -0.25) is 0 Å². The van der Waals surface area contributed by atoms with Crippen molar-refractivity contribution in [2.24, 2.45) is 0 Å². The number of alkyl halides is 3. The standard InChI is InChI=1S/C43H27BF3NO2Si/c45-43(46,47)28-23-24-37-33(25-28)44-32-17-7-10-20-36(32)49-38-26-29(27-39(50-37)42(38)44)48-34-18-8-11-21-40(34)51(30-13-3-1-4-14-30,31-15-5-2-6-16-31)41-22-12-9-19-35(41)48/h1-27H. The summed E-state index contributed by atoms with van der Waals surface area (Å²) in [7, 11) is -2.81. The Morgan fingerprint density at radius 1 is 0.490 bits per heavy atom. The number of hydrogen-bond donors (Lipinski definition) is 0. The van der Waals surface area contributed by atoms with Crippen LogP contribution >= 0.6 is 0 Å². The second-order valence-corrected chi connectivity index (χ2v) is 16.9. The Bertz CT molecular complexity index is 2400. The Kier molecular flexibility index (Phi) is 6.45. The van der Waals surface area contributed by atoms with E-state index in [0.29, 0.717) is 28.5 Å². The van der Waals surface area contributed by atoms with Gasteiger partial charge >= 0.3 is 6.18 Å². The second-order valence-electron chi connectivity index (χ2n) is 13.1. The molecule has 10 rings (SSSR count). The SMILES string of the molecule is FC(F)(F)c1ccc2c(c1)B1c3ccccc3Oc3cc(N4c5ccccc5[Si](c5ccccc5)(c5ccccc5)c5ccccc54)cc(c31)O2. The van der Waals surface area contributed by atoms with Crippen molar-refractivity contribution in [3.8, 4) is 23.0 Å². The summed E-state index contributed by atoms with van der Waals surface area (Å²) in [5.41, 5.74) is 4.24. The van der Waals surface area contributed by atoms with Gasteiger partial charge < -0.3 is 14.4 Å². The highest BCUT2D eigenvalue weighted by molar-refractivity contribution is 7.21. The van der Waals surface area contributed by atoms with Crippen LogP contribution in [0.3, 0.4) is 0 Å². The average Bonchev–Trinajstić information content (AvgIpc) is 3.16. The van der Waals surface area contributed by atoms with Gasteiger partial charge in [-0.05, 0) is 62.0 Å². The number of rotatable bonds is 3. The Balaban J connectivity index is 1.22. The minimum absolute atomic E-state index is 0.402. The van der Waals surface area contributed by atoms with E-state index in [-0.39, 0.29) is 0 Å². The summed E-state index contributed by atoms with van der Waals surface area (Å²) < 4.78 is 55.1. The Morgan fingerprint density at radius 3 is 1.59 bits per heavy atom. The number of benzene rings is 7. The molecule has 7 aromatic carbocycles. The molecule has 0 saturated carbocycles. The lowest BCUT2D eigenvalue weighted by molar-refractivity contribution is -0.137. The molecule has 0 saturated heterocycles. The molecule has 0 aromatic heterocycles. The molecule has 0 atom stereocenters. The van der Waals surface area contributed by atoms with Crippen molar-refractivity contribution in [3.63, 3.8) is 0 Å². The molecule has 0 aliphatic carbocycles. The number of ether oxygens (including phenoxy) is 2. The van der Waals surface area contributed by atoms with Gasteiger partial charge in [0.25, 0.3) is 6.71 Å². The lowest BCUT2D eigenvalue weighted by atomic mass is 9.34. The minimum atomic E-state index is -4.49. The Labute approximate surface area is 294 Å². The first kappa shape index (κ1) is 29.9. The maximum absolute atomic E-state index is 14.0. The van der Waals surface area contributed by atoms with Crippen molar-refractivity contribution in [1.29, 1.82) is 0 Å². The van der Waals surface area contributed by atoms with Gasteiger partial charge in [-0.25, -0.2) is 0 Å². The van der Waals surface area contributed by atoms with Crippen molar-refractivity contribution in [3.05, 3.63) is 169 Å². The summed E-state index contributed by atoms with van der Waals surface area (Å²) in [6.45, 7) is -0.489. The second kappa shape index (κ2) is 11.0. The molecule has 3 heterocycles. The number of halogens is 3. The largest absolute Gasteiger partial charge is 0.458 e. The molecule has 0 bridgehead atoms. The fourth-order valence-corrected chi connectivity index (χ4v) is 13.5. The molecular weight excluding hydrogens is 658 g/mol. The van der Waals surface area contributed by atoms with E-state index in [1.54, 1.807) is 0 Å². The van der Waals surface area contributed by atoms with Crippen molar-refractivity contribution in [2.45, 2.75) is 6.18 Å². The zero-order valence-electron chi connectivity index (χ0n) is 27.1. The maximum atomic E-state index is 14.0. The molecule has 0 N–H and O–H groups in total. The predicted octanol–water partition coefficient (Wildman–Crippen LogP) is 6.59. The quantitative estimate of drug-likeness (QED) is 0.196. The molecule has 51 heavy (non-hydrogen) atoms. The zero-order valence-corrected chi connectivity index (χ0v) is 28.1. The van der Waals surface area contributed by atoms with Gasteiger partial charge in [-0.15, -0.1) is 0 Å². The topological polar surface area (TPSA) is 21.7 Å². The fourth-order valence-electron chi connectivity index (χ4n) is 8.43. The van der Waals surface area contributed by atoms with Gasteiger partial charge in [0, 0.05) is 29.0 Å². The van der Waals surface area contributed by atoms with Gasteiger partial charge in [0.15, 0.2) is 8.07 Å². The van der Waals surface area contributed by atoms with E-state index in [2.05, 4.69) is 114 Å². The van der Waals surface area contributed by atoms with E-state index in [4.69, 9.17) is 9.47 Å².